The number of nitriles is 1. The zero-order valence-corrected chi connectivity index (χ0v) is 28.1. The molecule has 2 saturated heterocycles. The first-order chi connectivity index (χ1) is 18.5. The summed E-state index contributed by atoms with van der Waals surface area (Å²) < 4.78 is 37.7. The number of unbranched alkanes of at least 4 members (excludes halogenated alkanes) is 1. The maximum atomic E-state index is 12.5. The van der Waals surface area contributed by atoms with Crippen molar-refractivity contribution in [3.8, 4) is 6.07 Å². The zero-order chi connectivity index (χ0) is 31.9. The minimum Gasteiger partial charge on any atom is -0.444 e. The van der Waals surface area contributed by atoms with Crippen LogP contribution in [-0.2, 0) is 23.8 Å². The average molecular weight is 602 g/mol. The molecule has 11 heteroatoms. The maximum absolute atomic E-state index is 12.5. The van der Waals surface area contributed by atoms with Crippen molar-refractivity contribution in [2.75, 3.05) is 12.9 Å². The summed E-state index contributed by atoms with van der Waals surface area (Å²) in [6.07, 6.45) is 7.88. The number of carbonyl (C=O) groups is 2. The van der Waals surface area contributed by atoms with E-state index >= 15 is 0 Å². The monoisotopic (exact) mass is 601 g/mol. The fourth-order valence-corrected chi connectivity index (χ4v) is 5.86. The molecule has 41 heavy (non-hydrogen) atoms. The molecule has 0 bridgehead atoms. The quantitative estimate of drug-likeness (QED) is 0.220. The molecule has 2 unspecified atom stereocenters. The smallest absolute Gasteiger partial charge is 0.410 e. The lowest BCUT2D eigenvalue weighted by Crippen LogP contribution is -2.49. The predicted octanol–water partition coefficient (Wildman–Crippen LogP) is 6.78. The minimum absolute atomic E-state index is 0.0630. The standard InChI is InChI=1S/C15H26N2O2.C15H29NO5S/c1-14(2,3)19-13(18)17-12(8-6-7-11-16)9-10-15(17,4)5;1-14(2,3)21-13(17)16-12(9-10-15(16,4)5)8-7-11-20-22(6,18)19/h12H,6-10H2,1-5H3;12H,7-11H2,1-6H3. The van der Waals surface area contributed by atoms with Crippen LogP contribution in [0.2, 0.25) is 0 Å². The lowest BCUT2D eigenvalue weighted by atomic mass is 10.0. The van der Waals surface area contributed by atoms with Crippen molar-refractivity contribution in [2.45, 2.75) is 161 Å². The molecular formula is C30H55N3O7S. The molecule has 2 aliphatic heterocycles. The topological polar surface area (TPSA) is 126 Å². The lowest BCUT2D eigenvalue weighted by Gasteiger charge is -2.37. The van der Waals surface area contributed by atoms with Gasteiger partial charge in [-0.2, -0.15) is 13.7 Å². The molecule has 10 nitrogen and oxygen atoms in total. The van der Waals surface area contributed by atoms with Gasteiger partial charge in [0.25, 0.3) is 10.1 Å². The number of amides is 2. The Balaban J connectivity index is 0.000000414. The number of likely N-dealkylation sites (tertiary alicyclic amines) is 2. The number of nitrogens with zero attached hydrogens (tertiary/aromatic N) is 3. The predicted molar refractivity (Wildman–Crippen MR) is 160 cm³/mol. The molecule has 0 aromatic carbocycles. The van der Waals surface area contributed by atoms with Gasteiger partial charge in [-0.15, -0.1) is 0 Å². The lowest BCUT2D eigenvalue weighted by molar-refractivity contribution is 0.00147. The average Bonchev–Trinajstić information content (AvgIpc) is 3.23. The largest absolute Gasteiger partial charge is 0.444 e. The highest BCUT2D eigenvalue weighted by atomic mass is 32.2. The first-order valence-corrected chi connectivity index (χ1v) is 16.6. The van der Waals surface area contributed by atoms with Crippen LogP contribution in [0.5, 0.6) is 0 Å². The van der Waals surface area contributed by atoms with Crippen LogP contribution in [0.3, 0.4) is 0 Å². The van der Waals surface area contributed by atoms with Gasteiger partial charge in [0.1, 0.15) is 11.2 Å². The summed E-state index contributed by atoms with van der Waals surface area (Å²) in [5, 5.41) is 8.62. The van der Waals surface area contributed by atoms with Gasteiger partial charge >= 0.3 is 12.2 Å². The number of ether oxygens (including phenoxy) is 2. The van der Waals surface area contributed by atoms with Gasteiger partial charge in [0, 0.05) is 29.6 Å². The van der Waals surface area contributed by atoms with Crippen molar-refractivity contribution < 1.29 is 31.7 Å². The Labute approximate surface area is 249 Å². The van der Waals surface area contributed by atoms with Crippen LogP contribution < -0.4 is 0 Å². The Morgan fingerprint density at radius 3 is 1.56 bits per heavy atom. The molecule has 2 amide bonds. The van der Waals surface area contributed by atoms with Crippen molar-refractivity contribution >= 4 is 22.3 Å². The van der Waals surface area contributed by atoms with Gasteiger partial charge in [-0.05, 0) is 121 Å². The fourth-order valence-electron chi connectivity index (χ4n) is 5.43. The van der Waals surface area contributed by atoms with Gasteiger partial charge in [-0.3, -0.25) is 4.18 Å². The third-order valence-corrected chi connectivity index (χ3v) is 7.79. The number of carbonyl (C=O) groups excluding carboxylic acids is 2. The third kappa shape index (κ3) is 13.2. The van der Waals surface area contributed by atoms with Crippen LogP contribution in [0.4, 0.5) is 9.59 Å². The first-order valence-electron chi connectivity index (χ1n) is 14.7. The molecule has 0 radical (unpaired) electrons. The number of hydrogen-bond acceptors (Lipinski definition) is 8. The number of rotatable bonds is 8. The van der Waals surface area contributed by atoms with Gasteiger partial charge in [0.05, 0.1) is 18.9 Å². The van der Waals surface area contributed by atoms with Crippen LogP contribution in [0.15, 0.2) is 0 Å². The Kier molecular flexibility index (Phi) is 13.0. The molecule has 0 aromatic rings. The minimum atomic E-state index is -3.40. The Morgan fingerprint density at radius 1 is 0.829 bits per heavy atom. The van der Waals surface area contributed by atoms with Crippen LogP contribution in [0.1, 0.15) is 127 Å². The molecule has 2 atom stereocenters. The van der Waals surface area contributed by atoms with E-state index in [1.54, 1.807) is 4.90 Å². The summed E-state index contributed by atoms with van der Waals surface area (Å²) in [6.45, 7) is 19.6. The molecule has 238 valence electrons. The third-order valence-electron chi connectivity index (χ3n) is 7.20. The highest BCUT2D eigenvalue weighted by Gasteiger charge is 2.45. The summed E-state index contributed by atoms with van der Waals surface area (Å²) in [5.74, 6) is 0. The van der Waals surface area contributed by atoms with Crippen LogP contribution >= 0.6 is 0 Å². The normalized spacial score (nSPS) is 22.0. The molecular weight excluding hydrogens is 546 g/mol. The molecule has 0 saturated carbocycles. The summed E-state index contributed by atoms with van der Waals surface area (Å²) in [6, 6.07) is 2.43. The van der Waals surface area contributed by atoms with Gasteiger partial charge in [0.15, 0.2) is 0 Å². The van der Waals surface area contributed by atoms with Crippen LogP contribution in [-0.4, -0.2) is 77.6 Å². The van der Waals surface area contributed by atoms with Gasteiger partial charge in [-0.25, -0.2) is 9.59 Å². The van der Waals surface area contributed by atoms with Gasteiger partial charge in [-0.1, -0.05) is 0 Å². The van der Waals surface area contributed by atoms with Gasteiger partial charge in [0.2, 0.25) is 0 Å². The van der Waals surface area contributed by atoms with Gasteiger partial charge < -0.3 is 19.3 Å². The Hall–Kier alpha value is -2.06. The highest BCUT2D eigenvalue weighted by Crippen LogP contribution is 2.38. The maximum Gasteiger partial charge on any atom is 0.410 e. The second kappa shape index (κ2) is 14.4. The summed E-state index contributed by atoms with van der Waals surface area (Å²) in [5.41, 5.74) is -1.39. The molecule has 2 heterocycles. The van der Waals surface area contributed by atoms with Crippen molar-refractivity contribution in [1.29, 1.82) is 5.26 Å². The summed E-state index contributed by atoms with van der Waals surface area (Å²) in [7, 11) is -3.40. The van der Waals surface area contributed by atoms with Crippen molar-refractivity contribution in [1.82, 2.24) is 9.80 Å². The van der Waals surface area contributed by atoms with Crippen molar-refractivity contribution in [3.63, 3.8) is 0 Å². The molecule has 2 aliphatic rings. The van der Waals surface area contributed by atoms with E-state index in [1.807, 2.05) is 60.3 Å². The molecule has 0 spiro atoms. The number of hydrogen-bond donors (Lipinski definition) is 0. The molecule has 2 rings (SSSR count). The Morgan fingerprint density at radius 2 is 1.22 bits per heavy atom. The molecule has 0 aliphatic carbocycles. The van der Waals surface area contributed by atoms with E-state index < -0.39 is 21.3 Å². The summed E-state index contributed by atoms with van der Waals surface area (Å²) >= 11 is 0. The highest BCUT2D eigenvalue weighted by molar-refractivity contribution is 7.85. The molecule has 2 fully saturated rings. The van der Waals surface area contributed by atoms with E-state index in [1.165, 1.54) is 0 Å². The second-order valence-corrected chi connectivity index (χ2v) is 16.1. The van der Waals surface area contributed by atoms with E-state index in [2.05, 4.69) is 19.9 Å². The van der Waals surface area contributed by atoms with E-state index in [4.69, 9.17) is 18.9 Å². The van der Waals surface area contributed by atoms with E-state index in [9.17, 15) is 18.0 Å². The fraction of sp³-hybridized carbons (Fsp3) is 0.900. The Bertz CT molecular complexity index is 1020. The zero-order valence-electron chi connectivity index (χ0n) is 27.3. The van der Waals surface area contributed by atoms with E-state index in [0.29, 0.717) is 19.3 Å². The van der Waals surface area contributed by atoms with E-state index in [-0.39, 0.29) is 42.0 Å². The van der Waals surface area contributed by atoms with Crippen molar-refractivity contribution in [3.05, 3.63) is 0 Å². The van der Waals surface area contributed by atoms with E-state index in [0.717, 1.165) is 44.8 Å². The first kappa shape index (κ1) is 37.0. The van der Waals surface area contributed by atoms with Crippen LogP contribution in [0, 0.1) is 11.3 Å². The van der Waals surface area contributed by atoms with Crippen LogP contribution in [0.25, 0.3) is 0 Å². The van der Waals surface area contributed by atoms with Crippen molar-refractivity contribution in [2.24, 2.45) is 0 Å². The summed E-state index contributed by atoms with van der Waals surface area (Å²) in [4.78, 5) is 28.5. The SMILES string of the molecule is CC(C)(C)OC(=O)N1C(CCCC#N)CCC1(C)C.CC(C)(C)OC(=O)N1C(CCCOS(C)(=O)=O)CCC1(C)C. The molecule has 0 N–H and O–H groups in total. The second-order valence-electron chi connectivity index (χ2n) is 14.4. The molecule has 0 aromatic heterocycles.